The average molecular weight is 394 g/mol. The van der Waals surface area contributed by atoms with Gasteiger partial charge in [-0.2, -0.15) is 0 Å². The van der Waals surface area contributed by atoms with E-state index in [2.05, 4.69) is 9.97 Å². The Morgan fingerprint density at radius 2 is 1.30 bits per heavy atom. The predicted octanol–water partition coefficient (Wildman–Crippen LogP) is 3.20. The predicted molar refractivity (Wildman–Crippen MR) is 117 cm³/mol. The molecule has 0 atom stereocenters. The molecule has 0 fully saturated rings. The van der Waals surface area contributed by atoms with Crippen molar-refractivity contribution in [1.82, 2.24) is 19.1 Å². The fourth-order valence-corrected chi connectivity index (χ4v) is 3.62. The number of benzene rings is 1. The minimum Gasteiger partial charge on any atom is -0.310 e. The summed E-state index contributed by atoms with van der Waals surface area (Å²) < 4.78 is 3.25. The van der Waals surface area contributed by atoms with Crippen molar-refractivity contribution >= 4 is 21.8 Å². The summed E-state index contributed by atoms with van der Waals surface area (Å²) in [6.07, 6.45) is 6.91. The molecular weight excluding hydrogens is 376 g/mol. The first-order chi connectivity index (χ1) is 14.7. The summed E-state index contributed by atoms with van der Waals surface area (Å²) >= 11 is 0. The van der Waals surface area contributed by atoms with Gasteiger partial charge in [-0.05, 0) is 35.4 Å². The quantitative estimate of drug-likeness (QED) is 0.439. The second-order valence-corrected chi connectivity index (χ2v) is 7.20. The van der Waals surface area contributed by atoms with Crippen LogP contribution in [0.25, 0.3) is 21.8 Å². The lowest BCUT2D eigenvalue weighted by Crippen LogP contribution is -2.23. The molecule has 0 amide bonds. The van der Waals surface area contributed by atoms with Gasteiger partial charge in [0, 0.05) is 24.8 Å². The molecule has 6 heteroatoms. The van der Waals surface area contributed by atoms with Crippen molar-refractivity contribution in [3.63, 3.8) is 0 Å². The molecule has 6 nitrogen and oxygen atoms in total. The smallest absolute Gasteiger partial charge is 0.260 e. The molecule has 0 spiro atoms. The molecule has 0 aliphatic rings. The highest BCUT2D eigenvalue weighted by molar-refractivity contribution is 5.91. The van der Waals surface area contributed by atoms with Crippen molar-refractivity contribution < 1.29 is 0 Å². The number of hydrogen-bond acceptors (Lipinski definition) is 4. The Hall–Kier alpha value is -4.06. The third-order valence-electron chi connectivity index (χ3n) is 5.16. The first-order valence-electron chi connectivity index (χ1n) is 9.65. The normalized spacial score (nSPS) is 11.2. The van der Waals surface area contributed by atoms with E-state index in [1.807, 2.05) is 54.6 Å². The minimum absolute atomic E-state index is 0.159. The van der Waals surface area contributed by atoms with Gasteiger partial charge in [-0.15, -0.1) is 0 Å². The molecule has 1 aromatic carbocycles. The van der Waals surface area contributed by atoms with Gasteiger partial charge >= 0.3 is 0 Å². The van der Waals surface area contributed by atoms with E-state index in [0.29, 0.717) is 34.9 Å². The van der Waals surface area contributed by atoms with Crippen LogP contribution in [0.3, 0.4) is 0 Å². The van der Waals surface area contributed by atoms with E-state index in [9.17, 15) is 9.59 Å². The molecule has 0 radical (unpaired) electrons. The molecule has 0 bridgehead atoms. The monoisotopic (exact) mass is 394 g/mol. The molecule has 0 unspecified atom stereocenters. The van der Waals surface area contributed by atoms with Gasteiger partial charge in [0.2, 0.25) is 0 Å². The van der Waals surface area contributed by atoms with E-state index in [0.717, 1.165) is 11.1 Å². The second-order valence-electron chi connectivity index (χ2n) is 7.20. The third-order valence-corrected chi connectivity index (χ3v) is 5.16. The maximum absolute atomic E-state index is 13.1. The van der Waals surface area contributed by atoms with Crippen molar-refractivity contribution in [2.24, 2.45) is 0 Å². The minimum atomic E-state index is -0.177. The molecule has 0 aliphatic carbocycles. The Morgan fingerprint density at radius 1 is 0.700 bits per heavy atom. The van der Waals surface area contributed by atoms with Gasteiger partial charge in [-0.25, -0.2) is 4.98 Å². The van der Waals surface area contributed by atoms with E-state index in [1.54, 1.807) is 40.0 Å². The van der Waals surface area contributed by atoms with Crippen LogP contribution in [0.4, 0.5) is 0 Å². The first kappa shape index (κ1) is 18.0. The second kappa shape index (κ2) is 7.40. The van der Waals surface area contributed by atoms with Crippen LogP contribution in [-0.2, 0) is 13.1 Å². The molecule has 5 rings (SSSR count). The highest BCUT2D eigenvalue weighted by atomic mass is 16.1. The lowest BCUT2D eigenvalue weighted by molar-refractivity contribution is 0.763. The van der Waals surface area contributed by atoms with Crippen LogP contribution in [0.15, 0.2) is 95.0 Å². The van der Waals surface area contributed by atoms with Gasteiger partial charge in [0.15, 0.2) is 0 Å². The largest absolute Gasteiger partial charge is 0.310 e. The molecule has 0 aliphatic heterocycles. The molecule has 4 heterocycles. The number of hydrogen-bond donors (Lipinski definition) is 0. The van der Waals surface area contributed by atoms with Gasteiger partial charge in [0.1, 0.15) is 0 Å². The van der Waals surface area contributed by atoms with Crippen LogP contribution >= 0.6 is 0 Å². The van der Waals surface area contributed by atoms with Crippen molar-refractivity contribution in [3.8, 4) is 0 Å². The number of pyridine rings is 4. The van der Waals surface area contributed by atoms with Gasteiger partial charge in [-0.3, -0.25) is 14.6 Å². The number of nitrogens with zero attached hydrogens (tertiary/aromatic N) is 4. The van der Waals surface area contributed by atoms with Gasteiger partial charge in [0.05, 0.1) is 34.9 Å². The van der Waals surface area contributed by atoms with E-state index >= 15 is 0 Å². The molecule has 30 heavy (non-hydrogen) atoms. The van der Waals surface area contributed by atoms with Crippen LogP contribution in [0.5, 0.6) is 0 Å². The standard InChI is InChI=1S/C24H18N4O2/c29-23-19-13-20-22(9-12-28(24(20)30)16-18-7-4-10-25-14-18)26-21(19)8-11-27(23)15-17-5-2-1-3-6-17/h1-14H,15-16H2. The molecule has 0 N–H and O–H groups in total. The maximum Gasteiger partial charge on any atom is 0.260 e. The Labute approximate surface area is 171 Å². The third kappa shape index (κ3) is 3.28. The van der Waals surface area contributed by atoms with Crippen LogP contribution in [0.2, 0.25) is 0 Å². The summed E-state index contributed by atoms with van der Waals surface area (Å²) in [6.45, 7) is 0.876. The summed E-state index contributed by atoms with van der Waals surface area (Å²) in [7, 11) is 0. The zero-order valence-corrected chi connectivity index (χ0v) is 16.1. The molecule has 4 aromatic heterocycles. The van der Waals surface area contributed by atoms with Crippen LogP contribution in [0.1, 0.15) is 11.1 Å². The molecule has 146 valence electrons. The van der Waals surface area contributed by atoms with E-state index in [4.69, 9.17) is 0 Å². The summed E-state index contributed by atoms with van der Waals surface area (Å²) in [6, 6.07) is 18.8. The molecule has 5 aromatic rings. The fourth-order valence-electron chi connectivity index (χ4n) is 3.62. The lowest BCUT2D eigenvalue weighted by Gasteiger charge is -2.10. The van der Waals surface area contributed by atoms with Crippen LogP contribution in [-0.4, -0.2) is 19.1 Å². The van der Waals surface area contributed by atoms with Crippen molar-refractivity contribution in [1.29, 1.82) is 0 Å². The zero-order chi connectivity index (χ0) is 20.5. The maximum atomic E-state index is 13.1. The Bertz CT molecular complexity index is 1360. The highest BCUT2D eigenvalue weighted by Gasteiger charge is 2.10. The van der Waals surface area contributed by atoms with E-state index in [-0.39, 0.29) is 11.1 Å². The molecular formula is C24H18N4O2. The zero-order valence-electron chi connectivity index (χ0n) is 16.1. The summed E-state index contributed by atoms with van der Waals surface area (Å²) in [5.74, 6) is 0. The van der Waals surface area contributed by atoms with Crippen molar-refractivity contribution in [2.75, 3.05) is 0 Å². The SMILES string of the molecule is O=c1c2cc3c(=O)n(Cc4cccnc4)ccc3nc2ccn1Cc1ccccc1. The van der Waals surface area contributed by atoms with Crippen LogP contribution < -0.4 is 11.1 Å². The van der Waals surface area contributed by atoms with Gasteiger partial charge < -0.3 is 9.13 Å². The van der Waals surface area contributed by atoms with Crippen molar-refractivity contribution in [2.45, 2.75) is 13.1 Å². The van der Waals surface area contributed by atoms with Crippen molar-refractivity contribution in [3.05, 3.63) is 117 Å². The van der Waals surface area contributed by atoms with E-state index in [1.165, 1.54) is 0 Å². The summed E-state index contributed by atoms with van der Waals surface area (Å²) in [5, 5.41) is 0.876. The summed E-state index contributed by atoms with van der Waals surface area (Å²) in [5.41, 5.74) is 2.79. The lowest BCUT2D eigenvalue weighted by atomic mass is 10.1. The van der Waals surface area contributed by atoms with E-state index < -0.39 is 0 Å². The number of fused-ring (bicyclic) bond motifs is 2. The van der Waals surface area contributed by atoms with Gasteiger partial charge in [0.25, 0.3) is 11.1 Å². The molecule has 0 saturated carbocycles. The fraction of sp³-hybridized carbons (Fsp3) is 0.0833. The molecule has 0 saturated heterocycles. The number of aromatic nitrogens is 4. The first-order valence-corrected chi connectivity index (χ1v) is 9.65. The average Bonchev–Trinajstić information content (AvgIpc) is 2.78. The van der Waals surface area contributed by atoms with Crippen LogP contribution in [0, 0.1) is 0 Å². The number of rotatable bonds is 4. The topological polar surface area (TPSA) is 69.8 Å². The Kier molecular flexibility index (Phi) is 4.44. The Balaban J connectivity index is 1.62. The Morgan fingerprint density at radius 3 is 1.90 bits per heavy atom. The highest BCUT2D eigenvalue weighted by Crippen LogP contribution is 2.15. The summed E-state index contributed by atoms with van der Waals surface area (Å²) in [4.78, 5) is 34.8. The van der Waals surface area contributed by atoms with Gasteiger partial charge in [-0.1, -0.05) is 36.4 Å².